The first-order valence-corrected chi connectivity index (χ1v) is 10.1. The Morgan fingerprint density at radius 2 is 1.67 bits per heavy atom. The van der Waals surface area contributed by atoms with Crippen molar-refractivity contribution in [2.75, 3.05) is 6.61 Å². The molecule has 0 atom stereocenters. The van der Waals surface area contributed by atoms with Gasteiger partial charge >= 0.3 is 11.7 Å². The van der Waals surface area contributed by atoms with Crippen LogP contribution >= 0.6 is 22.6 Å². The van der Waals surface area contributed by atoms with E-state index in [1.807, 2.05) is 33.2 Å². The summed E-state index contributed by atoms with van der Waals surface area (Å²) in [4.78, 5) is 55.9. The molecule has 0 bridgehead atoms. The van der Waals surface area contributed by atoms with Crippen LogP contribution in [0.2, 0.25) is 0 Å². The van der Waals surface area contributed by atoms with Crippen molar-refractivity contribution in [3.63, 3.8) is 0 Å². The van der Waals surface area contributed by atoms with Crippen LogP contribution in [0.3, 0.4) is 0 Å². The van der Waals surface area contributed by atoms with Gasteiger partial charge in [0, 0.05) is 6.07 Å². The lowest BCUT2D eigenvalue weighted by molar-refractivity contribution is -0.394. The second-order valence-corrected chi connectivity index (χ2v) is 7.49. The Morgan fingerprint density at radius 1 is 1.00 bits per heavy atom. The molecular weight excluding hydrogens is 555 g/mol. The molecule has 170 valence electrons. The summed E-state index contributed by atoms with van der Waals surface area (Å²) in [5.41, 5.74) is -1.05. The Kier molecular flexibility index (Phi) is 6.86. The summed E-state index contributed by atoms with van der Waals surface area (Å²) in [5, 5.41) is 26.3. The van der Waals surface area contributed by atoms with Gasteiger partial charge in [0.1, 0.15) is 5.57 Å². The highest BCUT2D eigenvalue weighted by Crippen LogP contribution is 2.41. The lowest BCUT2D eigenvalue weighted by atomic mass is 10.1. The molecular formula is C19H13IN4O9. The first kappa shape index (κ1) is 23.6. The monoisotopic (exact) mass is 568 g/mol. The number of nitro benzene ring substituents is 2. The number of ether oxygens (including phenoxy) is 2. The van der Waals surface area contributed by atoms with Gasteiger partial charge in [-0.3, -0.25) is 40.5 Å². The van der Waals surface area contributed by atoms with Crippen molar-refractivity contribution in [2.24, 2.45) is 0 Å². The summed E-state index contributed by atoms with van der Waals surface area (Å²) in [6.07, 6.45) is 1.24. The average Bonchev–Trinajstić information content (AvgIpc) is 2.73. The number of hydrogen-bond acceptors (Lipinski definition) is 9. The fourth-order valence-corrected chi connectivity index (χ4v) is 3.50. The lowest BCUT2D eigenvalue weighted by Gasteiger charge is -2.16. The quantitative estimate of drug-likeness (QED) is 0.167. The van der Waals surface area contributed by atoms with E-state index in [9.17, 15) is 34.6 Å². The smallest absolute Gasteiger partial charge is 0.328 e. The van der Waals surface area contributed by atoms with E-state index in [0.717, 1.165) is 18.2 Å². The van der Waals surface area contributed by atoms with E-state index in [-0.39, 0.29) is 29.4 Å². The molecule has 33 heavy (non-hydrogen) atoms. The summed E-state index contributed by atoms with van der Waals surface area (Å²) in [6, 6.07) is 4.96. The van der Waals surface area contributed by atoms with Gasteiger partial charge in [-0.1, -0.05) is 0 Å². The Hall–Kier alpha value is -4.08. The standard InChI is InChI=1S/C19H13IN4O9/c1-2-32-15-7-9(5-11-17(25)21-19(27)22-18(11)26)6-12(20)16(15)33-14-4-3-10(23(28)29)8-13(14)24(30)31/h3-8H,2H2,1H3,(H2,21,22,25,26,27). The highest BCUT2D eigenvalue weighted by molar-refractivity contribution is 14.1. The van der Waals surface area contributed by atoms with Gasteiger partial charge in [-0.15, -0.1) is 0 Å². The van der Waals surface area contributed by atoms with Crippen LogP contribution in [0.15, 0.2) is 35.9 Å². The number of carbonyl (C=O) groups is 3. The van der Waals surface area contributed by atoms with Crippen LogP contribution in [0.5, 0.6) is 17.2 Å². The van der Waals surface area contributed by atoms with Gasteiger partial charge in [-0.05, 0) is 59.4 Å². The van der Waals surface area contributed by atoms with Crippen molar-refractivity contribution in [3.8, 4) is 17.2 Å². The van der Waals surface area contributed by atoms with E-state index < -0.39 is 39.1 Å². The van der Waals surface area contributed by atoms with Gasteiger partial charge in [-0.2, -0.15) is 0 Å². The number of halogens is 1. The predicted octanol–water partition coefficient (Wildman–Crippen LogP) is 3.05. The van der Waals surface area contributed by atoms with Crippen LogP contribution in [-0.4, -0.2) is 34.3 Å². The van der Waals surface area contributed by atoms with E-state index in [2.05, 4.69) is 0 Å². The first-order chi connectivity index (χ1) is 15.6. The molecule has 14 heteroatoms. The molecule has 0 spiro atoms. The highest BCUT2D eigenvalue weighted by Gasteiger charge is 2.28. The van der Waals surface area contributed by atoms with E-state index in [1.54, 1.807) is 6.92 Å². The maximum Gasteiger partial charge on any atom is 0.328 e. The number of benzene rings is 2. The zero-order valence-corrected chi connectivity index (χ0v) is 18.8. The van der Waals surface area contributed by atoms with Crippen LogP contribution in [-0.2, 0) is 9.59 Å². The molecule has 4 amide bonds. The summed E-state index contributed by atoms with van der Waals surface area (Å²) < 4.78 is 11.7. The summed E-state index contributed by atoms with van der Waals surface area (Å²) in [5.74, 6) is -1.78. The summed E-state index contributed by atoms with van der Waals surface area (Å²) in [7, 11) is 0. The van der Waals surface area contributed by atoms with Crippen molar-refractivity contribution in [1.82, 2.24) is 10.6 Å². The minimum absolute atomic E-state index is 0.0873. The van der Waals surface area contributed by atoms with Gasteiger partial charge in [0.25, 0.3) is 17.5 Å². The number of hydrogen-bond donors (Lipinski definition) is 2. The average molecular weight is 568 g/mol. The lowest BCUT2D eigenvalue weighted by Crippen LogP contribution is -2.51. The Bertz CT molecular complexity index is 1220. The highest BCUT2D eigenvalue weighted by atomic mass is 127. The molecule has 1 saturated heterocycles. The topological polar surface area (TPSA) is 180 Å². The van der Waals surface area contributed by atoms with Gasteiger partial charge in [0.2, 0.25) is 5.75 Å². The van der Waals surface area contributed by atoms with Crippen molar-refractivity contribution in [3.05, 3.63) is 65.3 Å². The fraction of sp³-hybridized carbons (Fsp3) is 0.105. The molecule has 0 radical (unpaired) electrons. The molecule has 0 aromatic heterocycles. The van der Waals surface area contributed by atoms with Crippen molar-refractivity contribution in [2.45, 2.75) is 6.92 Å². The normalized spacial score (nSPS) is 13.2. The number of nitrogens with one attached hydrogen (secondary N) is 2. The molecule has 1 aliphatic rings. The van der Waals surface area contributed by atoms with Crippen molar-refractivity contribution in [1.29, 1.82) is 0 Å². The summed E-state index contributed by atoms with van der Waals surface area (Å²) in [6.45, 7) is 1.87. The minimum Gasteiger partial charge on any atom is -0.490 e. The summed E-state index contributed by atoms with van der Waals surface area (Å²) >= 11 is 1.86. The number of nitrogens with zero attached hydrogens (tertiary/aromatic N) is 2. The van der Waals surface area contributed by atoms with Gasteiger partial charge in [0.15, 0.2) is 11.5 Å². The predicted molar refractivity (Wildman–Crippen MR) is 120 cm³/mol. The molecule has 0 aliphatic carbocycles. The Balaban J connectivity index is 2.04. The maximum atomic E-state index is 12.0. The molecule has 3 rings (SSSR count). The third-order valence-electron chi connectivity index (χ3n) is 4.15. The Labute approximate surface area is 198 Å². The minimum atomic E-state index is -0.930. The zero-order chi connectivity index (χ0) is 24.3. The third-order valence-corrected chi connectivity index (χ3v) is 4.95. The fourth-order valence-electron chi connectivity index (χ4n) is 2.76. The number of imide groups is 2. The second kappa shape index (κ2) is 9.60. The number of carbonyl (C=O) groups excluding carboxylic acids is 3. The molecule has 1 heterocycles. The number of non-ortho nitro benzene ring substituents is 1. The van der Waals surface area contributed by atoms with Crippen LogP contribution in [0.4, 0.5) is 16.2 Å². The molecule has 2 aromatic rings. The van der Waals surface area contributed by atoms with Crippen LogP contribution < -0.4 is 20.1 Å². The van der Waals surface area contributed by atoms with Gasteiger partial charge in [-0.25, -0.2) is 4.79 Å². The number of barbiturate groups is 1. The van der Waals surface area contributed by atoms with Crippen LogP contribution in [0, 0.1) is 23.8 Å². The third kappa shape index (κ3) is 5.22. The molecule has 0 saturated carbocycles. The largest absolute Gasteiger partial charge is 0.490 e. The van der Waals surface area contributed by atoms with Crippen molar-refractivity contribution < 1.29 is 33.7 Å². The van der Waals surface area contributed by atoms with E-state index >= 15 is 0 Å². The molecule has 13 nitrogen and oxygen atoms in total. The Morgan fingerprint density at radius 3 is 2.24 bits per heavy atom. The van der Waals surface area contributed by atoms with E-state index in [1.165, 1.54) is 18.2 Å². The molecule has 2 aromatic carbocycles. The number of amides is 4. The number of nitro groups is 2. The molecule has 2 N–H and O–H groups in total. The molecule has 0 unspecified atom stereocenters. The molecule has 1 fully saturated rings. The van der Waals surface area contributed by atoms with E-state index in [0.29, 0.717) is 9.13 Å². The van der Waals surface area contributed by atoms with Gasteiger partial charge < -0.3 is 9.47 Å². The molecule has 1 aliphatic heterocycles. The number of urea groups is 1. The zero-order valence-electron chi connectivity index (χ0n) is 16.6. The van der Waals surface area contributed by atoms with Gasteiger partial charge in [0.05, 0.1) is 26.1 Å². The SMILES string of the molecule is CCOc1cc(C=C2C(=O)NC(=O)NC2=O)cc(I)c1Oc1ccc([N+](=O)[O-])cc1[N+](=O)[O-]. The van der Waals surface area contributed by atoms with Crippen molar-refractivity contribution >= 4 is 57.9 Å². The first-order valence-electron chi connectivity index (χ1n) is 9.06. The van der Waals surface area contributed by atoms with Crippen LogP contribution in [0.25, 0.3) is 6.08 Å². The van der Waals surface area contributed by atoms with E-state index in [4.69, 9.17) is 9.47 Å². The maximum absolute atomic E-state index is 12.0. The van der Waals surface area contributed by atoms with Crippen LogP contribution in [0.1, 0.15) is 12.5 Å². The second-order valence-electron chi connectivity index (χ2n) is 6.33. The number of rotatable bonds is 7.